The molecule has 1 unspecified atom stereocenters. The molecule has 1 aliphatic heterocycles. The molecular formula is C19H31N3O5S. The fourth-order valence-corrected chi connectivity index (χ4v) is 4.68. The Kier molecular flexibility index (Phi) is 7.68. The second-order valence-corrected chi connectivity index (χ2v) is 8.88. The molecule has 1 heterocycles. The van der Waals surface area contributed by atoms with E-state index in [0.29, 0.717) is 31.4 Å². The molecule has 9 heteroatoms. The van der Waals surface area contributed by atoms with Crippen molar-refractivity contribution in [2.24, 2.45) is 0 Å². The number of sulfonamides is 1. The van der Waals surface area contributed by atoms with E-state index >= 15 is 0 Å². The number of carbonyl (C=O) groups excluding carboxylic acids is 1. The molecule has 8 nitrogen and oxygen atoms in total. The van der Waals surface area contributed by atoms with E-state index in [4.69, 9.17) is 9.47 Å². The first-order valence-electron chi connectivity index (χ1n) is 9.44. The molecule has 1 aromatic carbocycles. The molecule has 28 heavy (non-hydrogen) atoms. The van der Waals surface area contributed by atoms with Crippen LogP contribution in [0.25, 0.3) is 0 Å². The fraction of sp³-hybridized carbons (Fsp3) is 0.632. The zero-order valence-corrected chi connectivity index (χ0v) is 18.2. The van der Waals surface area contributed by atoms with Gasteiger partial charge in [-0.05, 0) is 32.5 Å². The summed E-state index contributed by atoms with van der Waals surface area (Å²) in [5, 5.41) is 0. The van der Waals surface area contributed by atoms with Gasteiger partial charge in [0.15, 0.2) is 0 Å². The summed E-state index contributed by atoms with van der Waals surface area (Å²) in [5.74, 6) is 0.745. The molecule has 0 saturated carbocycles. The lowest BCUT2D eigenvalue weighted by Crippen LogP contribution is -2.52. The summed E-state index contributed by atoms with van der Waals surface area (Å²) >= 11 is 0. The molecule has 1 fully saturated rings. The number of methoxy groups -OCH3 is 2. The van der Waals surface area contributed by atoms with Crippen LogP contribution in [0.5, 0.6) is 11.5 Å². The molecule has 1 saturated heterocycles. The number of hydrogen-bond acceptors (Lipinski definition) is 6. The highest BCUT2D eigenvalue weighted by atomic mass is 32.2. The molecule has 1 aliphatic rings. The first-order valence-corrected chi connectivity index (χ1v) is 10.9. The van der Waals surface area contributed by atoms with E-state index in [9.17, 15) is 13.2 Å². The van der Waals surface area contributed by atoms with Crippen LogP contribution in [0.15, 0.2) is 23.1 Å². The molecule has 0 radical (unpaired) electrons. The normalized spacial score (nSPS) is 16.9. The summed E-state index contributed by atoms with van der Waals surface area (Å²) in [6.45, 7) is 5.76. The Hall–Kier alpha value is -1.84. The topological polar surface area (TPSA) is 79.4 Å². The third kappa shape index (κ3) is 4.95. The van der Waals surface area contributed by atoms with Gasteiger partial charge in [-0.1, -0.05) is 6.92 Å². The van der Waals surface area contributed by atoms with Crippen molar-refractivity contribution in [3.05, 3.63) is 18.2 Å². The van der Waals surface area contributed by atoms with Gasteiger partial charge in [-0.25, -0.2) is 8.42 Å². The SMILES string of the molecule is CCC(C)N(C)CC(=O)N1CCN(S(=O)(=O)c2cc(OC)ccc2OC)CC1. The third-order valence-electron chi connectivity index (χ3n) is 5.31. The maximum Gasteiger partial charge on any atom is 0.247 e. The molecule has 0 spiro atoms. The van der Waals surface area contributed by atoms with Crippen LogP contribution in [-0.2, 0) is 14.8 Å². The van der Waals surface area contributed by atoms with E-state index in [-0.39, 0.29) is 29.6 Å². The summed E-state index contributed by atoms with van der Waals surface area (Å²) in [6.07, 6.45) is 0.970. The highest BCUT2D eigenvalue weighted by Crippen LogP contribution is 2.31. The molecule has 1 aromatic rings. The van der Waals surface area contributed by atoms with Crippen molar-refractivity contribution in [2.45, 2.75) is 31.2 Å². The van der Waals surface area contributed by atoms with Crippen LogP contribution in [0.1, 0.15) is 20.3 Å². The third-order valence-corrected chi connectivity index (χ3v) is 7.23. The molecule has 2 rings (SSSR count). The van der Waals surface area contributed by atoms with Gasteiger partial charge in [0.25, 0.3) is 0 Å². The van der Waals surface area contributed by atoms with Crippen molar-refractivity contribution in [3.8, 4) is 11.5 Å². The van der Waals surface area contributed by atoms with Gasteiger partial charge in [0, 0.05) is 38.3 Å². The van der Waals surface area contributed by atoms with E-state index in [1.54, 1.807) is 17.0 Å². The van der Waals surface area contributed by atoms with Gasteiger partial charge in [-0.3, -0.25) is 9.69 Å². The van der Waals surface area contributed by atoms with Crippen LogP contribution in [0.2, 0.25) is 0 Å². The van der Waals surface area contributed by atoms with Crippen LogP contribution in [0.4, 0.5) is 0 Å². The number of hydrogen-bond donors (Lipinski definition) is 0. The van der Waals surface area contributed by atoms with Gasteiger partial charge in [-0.2, -0.15) is 4.31 Å². The predicted octanol–water partition coefficient (Wildman–Crippen LogP) is 1.27. The summed E-state index contributed by atoms with van der Waals surface area (Å²) in [5.41, 5.74) is 0. The minimum absolute atomic E-state index is 0.0267. The maximum absolute atomic E-state index is 13.1. The minimum Gasteiger partial charge on any atom is -0.497 e. The molecule has 1 atom stereocenters. The Morgan fingerprint density at radius 3 is 2.36 bits per heavy atom. The lowest BCUT2D eigenvalue weighted by atomic mass is 10.2. The Morgan fingerprint density at radius 2 is 1.82 bits per heavy atom. The number of likely N-dealkylation sites (N-methyl/N-ethyl adjacent to an activating group) is 1. The summed E-state index contributed by atoms with van der Waals surface area (Å²) in [4.78, 5) is 16.3. The van der Waals surface area contributed by atoms with Gasteiger partial charge in [0.2, 0.25) is 15.9 Å². The van der Waals surface area contributed by atoms with E-state index in [1.807, 2.05) is 11.9 Å². The molecule has 158 valence electrons. The van der Waals surface area contributed by atoms with Crippen LogP contribution in [0, 0.1) is 0 Å². The number of nitrogens with zero attached hydrogens (tertiary/aromatic N) is 3. The van der Waals surface area contributed by atoms with Crippen LogP contribution in [0.3, 0.4) is 0 Å². The monoisotopic (exact) mass is 413 g/mol. The number of rotatable bonds is 8. The average Bonchev–Trinajstić information content (AvgIpc) is 2.72. The van der Waals surface area contributed by atoms with Crippen molar-refractivity contribution in [2.75, 3.05) is 54.0 Å². The van der Waals surface area contributed by atoms with Crippen molar-refractivity contribution in [1.29, 1.82) is 0 Å². The quantitative estimate of drug-likeness (QED) is 0.639. The van der Waals surface area contributed by atoms with E-state index in [1.165, 1.54) is 24.6 Å². The molecular weight excluding hydrogens is 382 g/mol. The van der Waals surface area contributed by atoms with Crippen molar-refractivity contribution in [1.82, 2.24) is 14.1 Å². The average molecular weight is 414 g/mol. The van der Waals surface area contributed by atoms with Crippen LogP contribution < -0.4 is 9.47 Å². The van der Waals surface area contributed by atoms with Gasteiger partial charge in [-0.15, -0.1) is 0 Å². The minimum atomic E-state index is -3.75. The smallest absolute Gasteiger partial charge is 0.247 e. The van der Waals surface area contributed by atoms with Crippen molar-refractivity contribution in [3.63, 3.8) is 0 Å². The Bertz CT molecular complexity index is 776. The largest absolute Gasteiger partial charge is 0.497 e. The predicted molar refractivity (Wildman–Crippen MR) is 107 cm³/mol. The maximum atomic E-state index is 13.1. The molecule has 0 aromatic heterocycles. The van der Waals surface area contributed by atoms with Gasteiger partial charge in [0.05, 0.1) is 20.8 Å². The standard InChI is InChI=1S/C19H31N3O5S/c1-6-15(2)20(3)14-19(23)21-9-11-22(12-10-21)28(24,25)18-13-16(26-4)7-8-17(18)27-5/h7-8,13,15H,6,9-12,14H2,1-5H3. The molecule has 0 N–H and O–H groups in total. The molecule has 0 aliphatic carbocycles. The summed E-state index contributed by atoms with van der Waals surface area (Å²) in [6, 6.07) is 5.02. The second kappa shape index (κ2) is 9.58. The lowest BCUT2D eigenvalue weighted by molar-refractivity contribution is -0.133. The van der Waals surface area contributed by atoms with Gasteiger partial charge in [0.1, 0.15) is 16.4 Å². The fourth-order valence-electron chi connectivity index (χ4n) is 3.08. The van der Waals surface area contributed by atoms with Crippen molar-refractivity contribution >= 4 is 15.9 Å². The number of carbonyl (C=O) groups is 1. The zero-order chi connectivity index (χ0) is 20.9. The highest BCUT2D eigenvalue weighted by molar-refractivity contribution is 7.89. The first kappa shape index (κ1) is 22.4. The number of amides is 1. The van der Waals surface area contributed by atoms with Gasteiger partial charge >= 0.3 is 0 Å². The van der Waals surface area contributed by atoms with Crippen molar-refractivity contribution < 1.29 is 22.7 Å². The Labute approximate surface area is 168 Å². The summed E-state index contributed by atoms with van der Waals surface area (Å²) in [7, 11) is 1.11. The van der Waals surface area contributed by atoms with Crippen LogP contribution in [-0.4, -0.2) is 88.5 Å². The highest BCUT2D eigenvalue weighted by Gasteiger charge is 2.32. The zero-order valence-electron chi connectivity index (χ0n) is 17.3. The van der Waals surface area contributed by atoms with E-state index < -0.39 is 10.0 Å². The first-order chi connectivity index (χ1) is 13.2. The van der Waals surface area contributed by atoms with E-state index in [2.05, 4.69) is 13.8 Å². The molecule has 0 bridgehead atoms. The lowest BCUT2D eigenvalue weighted by Gasteiger charge is -2.35. The number of benzene rings is 1. The number of piperazine rings is 1. The Balaban J connectivity index is 2.07. The Morgan fingerprint density at radius 1 is 1.18 bits per heavy atom. The molecule has 1 amide bonds. The van der Waals surface area contributed by atoms with E-state index in [0.717, 1.165) is 6.42 Å². The van der Waals surface area contributed by atoms with Gasteiger partial charge < -0.3 is 14.4 Å². The number of ether oxygens (including phenoxy) is 2. The second-order valence-electron chi connectivity index (χ2n) is 6.97. The summed E-state index contributed by atoms with van der Waals surface area (Å²) < 4.78 is 38.0. The van der Waals surface area contributed by atoms with Crippen LogP contribution >= 0.6 is 0 Å².